The first kappa shape index (κ1) is 8.16. The van der Waals surface area contributed by atoms with Crippen molar-refractivity contribution in [3.05, 3.63) is 35.4 Å². The van der Waals surface area contributed by atoms with Crippen molar-refractivity contribution in [2.45, 2.75) is 0 Å². The number of rotatable bonds is 0. The summed E-state index contributed by atoms with van der Waals surface area (Å²) in [5.74, 6) is 0. The largest absolute Gasteiger partial charge is 0.0843 e. The molecule has 0 aliphatic rings. The second-order valence-corrected chi connectivity index (χ2v) is 1.73. The Hall–Kier alpha value is 0.159. The Bertz CT molecular complexity index is 138. The molecule has 0 fully saturated rings. The van der Waals surface area contributed by atoms with Gasteiger partial charge < -0.3 is 0 Å². The van der Waals surface area contributed by atoms with Crippen LogP contribution in [0.5, 0.6) is 0 Å². The van der Waals surface area contributed by atoms with Crippen molar-refractivity contribution >= 4 is 11.6 Å². The Morgan fingerprint density at radius 2 is 1.50 bits per heavy atom. The Labute approximate surface area is 67.2 Å². The van der Waals surface area contributed by atoms with E-state index in [1.807, 2.05) is 30.3 Å². The standard InChI is InChI=1S/C6H5Cl.Ir/c7-6-4-2-1-3-5-6;/h1-5H;. The van der Waals surface area contributed by atoms with Crippen LogP contribution in [0.1, 0.15) is 0 Å². The molecule has 0 unspecified atom stereocenters. The van der Waals surface area contributed by atoms with Gasteiger partial charge in [-0.05, 0) is 12.1 Å². The fourth-order valence-corrected chi connectivity index (χ4v) is 0.560. The summed E-state index contributed by atoms with van der Waals surface area (Å²) >= 11 is 5.54. The molecule has 1 radical (unpaired) electrons. The van der Waals surface area contributed by atoms with Crippen molar-refractivity contribution in [1.82, 2.24) is 0 Å². The molecule has 0 nitrogen and oxygen atoms in total. The van der Waals surface area contributed by atoms with E-state index in [0.29, 0.717) is 0 Å². The number of halogens is 1. The van der Waals surface area contributed by atoms with Crippen LogP contribution in [-0.4, -0.2) is 0 Å². The van der Waals surface area contributed by atoms with Crippen LogP contribution in [0.4, 0.5) is 0 Å². The number of benzene rings is 1. The average molecular weight is 305 g/mol. The topological polar surface area (TPSA) is 0 Å². The van der Waals surface area contributed by atoms with Crippen LogP contribution >= 0.6 is 11.6 Å². The minimum atomic E-state index is 0. The average Bonchev–Trinajstić information content (AvgIpc) is 1.69. The maximum atomic E-state index is 5.54. The van der Waals surface area contributed by atoms with E-state index in [4.69, 9.17) is 11.6 Å². The molecule has 0 bridgehead atoms. The summed E-state index contributed by atoms with van der Waals surface area (Å²) in [4.78, 5) is 0. The van der Waals surface area contributed by atoms with Gasteiger partial charge in [0, 0.05) is 25.1 Å². The third-order valence-electron chi connectivity index (χ3n) is 0.733. The Morgan fingerprint density at radius 1 is 1.00 bits per heavy atom. The van der Waals surface area contributed by atoms with Gasteiger partial charge >= 0.3 is 0 Å². The molecule has 45 valence electrons. The van der Waals surface area contributed by atoms with E-state index >= 15 is 0 Å². The van der Waals surface area contributed by atoms with Gasteiger partial charge in [-0.15, -0.1) is 0 Å². The maximum absolute atomic E-state index is 5.54. The van der Waals surface area contributed by atoms with Gasteiger partial charge in [-0.3, -0.25) is 0 Å². The molecular formula is C6H5ClIr. The van der Waals surface area contributed by atoms with Gasteiger partial charge in [0.05, 0.1) is 0 Å². The van der Waals surface area contributed by atoms with Gasteiger partial charge in [0.2, 0.25) is 0 Å². The molecule has 0 N–H and O–H groups in total. The summed E-state index contributed by atoms with van der Waals surface area (Å²) in [7, 11) is 0. The van der Waals surface area contributed by atoms with E-state index in [0.717, 1.165) is 5.02 Å². The summed E-state index contributed by atoms with van der Waals surface area (Å²) in [5.41, 5.74) is 0. The zero-order chi connectivity index (χ0) is 5.11. The number of hydrogen-bond acceptors (Lipinski definition) is 0. The second-order valence-electron chi connectivity index (χ2n) is 1.30. The summed E-state index contributed by atoms with van der Waals surface area (Å²) in [5, 5.41) is 0.794. The predicted octanol–water partition coefficient (Wildman–Crippen LogP) is 2.34. The van der Waals surface area contributed by atoms with E-state index in [2.05, 4.69) is 0 Å². The van der Waals surface area contributed by atoms with Crippen molar-refractivity contribution in [3.63, 3.8) is 0 Å². The normalized spacial score (nSPS) is 7.62. The van der Waals surface area contributed by atoms with Gasteiger partial charge in [0.15, 0.2) is 0 Å². The summed E-state index contributed by atoms with van der Waals surface area (Å²) in [6.07, 6.45) is 0. The first-order valence-electron chi connectivity index (χ1n) is 2.10. The van der Waals surface area contributed by atoms with Crippen LogP contribution in [0.2, 0.25) is 5.02 Å². The summed E-state index contributed by atoms with van der Waals surface area (Å²) in [6.45, 7) is 0. The fraction of sp³-hybridized carbons (Fsp3) is 0. The third kappa shape index (κ3) is 2.46. The van der Waals surface area contributed by atoms with Crippen LogP contribution in [0.3, 0.4) is 0 Å². The van der Waals surface area contributed by atoms with Crippen LogP contribution in [0.15, 0.2) is 30.3 Å². The van der Waals surface area contributed by atoms with Gasteiger partial charge in [-0.2, -0.15) is 0 Å². The van der Waals surface area contributed by atoms with Crippen molar-refractivity contribution in [2.75, 3.05) is 0 Å². The van der Waals surface area contributed by atoms with Crippen LogP contribution < -0.4 is 0 Å². The Balaban J connectivity index is 0.000000490. The van der Waals surface area contributed by atoms with E-state index in [1.165, 1.54) is 0 Å². The molecule has 0 aliphatic carbocycles. The molecular weight excluding hydrogens is 300 g/mol. The SMILES string of the molecule is Clc1ccccc1.[Ir]. The first-order valence-corrected chi connectivity index (χ1v) is 2.48. The molecule has 0 saturated heterocycles. The van der Waals surface area contributed by atoms with E-state index in [-0.39, 0.29) is 20.1 Å². The molecule has 0 heterocycles. The molecule has 0 amide bonds. The van der Waals surface area contributed by atoms with Crippen molar-refractivity contribution < 1.29 is 20.1 Å². The van der Waals surface area contributed by atoms with E-state index < -0.39 is 0 Å². The molecule has 1 rings (SSSR count). The van der Waals surface area contributed by atoms with E-state index in [1.54, 1.807) is 0 Å². The van der Waals surface area contributed by atoms with Crippen LogP contribution in [-0.2, 0) is 20.1 Å². The fourth-order valence-electron chi connectivity index (χ4n) is 0.415. The van der Waals surface area contributed by atoms with Gasteiger partial charge in [0.1, 0.15) is 0 Å². The molecule has 1 aromatic carbocycles. The zero-order valence-corrected chi connectivity index (χ0v) is 7.25. The van der Waals surface area contributed by atoms with Crippen molar-refractivity contribution in [2.24, 2.45) is 0 Å². The zero-order valence-electron chi connectivity index (χ0n) is 4.10. The molecule has 0 aromatic heterocycles. The summed E-state index contributed by atoms with van der Waals surface area (Å²) < 4.78 is 0. The van der Waals surface area contributed by atoms with Crippen molar-refractivity contribution in [1.29, 1.82) is 0 Å². The molecule has 8 heavy (non-hydrogen) atoms. The Morgan fingerprint density at radius 3 is 1.75 bits per heavy atom. The van der Waals surface area contributed by atoms with Gasteiger partial charge in [0.25, 0.3) is 0 Å². The van der Waals surface area contributed by atoms with Gasteiger partial charge in [-0.25, -0.2) is 0 Å². The van der Waals surface area contributed by atoms with Crippen LogP contribution in [0.25, 0.3) is 0 Å². The predicted molar refractivity (Wildman–Crippen MR) is 31.5 cm³/mol. The van der Waals surface area contributed by atoms with Crippen molar-refractivity contribution in [3.8, 4) is 0 Å². The molecule has 0 atom stereocenters. The first-order chi connectivity index (χ1) is 3.39. The number of hydrogen-bond donors (Lipinski definition) is 0. The molecule has 2 heteroatoms. The molecule has 0 saturated carbocycles. The van der Waals surface area contributed by atoms with E-state index in [9.17, 15) is 0 Å². The minimum Gasteiger partial charge on any atom is -0.0843 e. The molecule has 0 aliphatic heterocycles. The summed E-state index contributed by atoms with van der Waals surface area (Å²) in [6, 6.07) is 9.44. The quantitative estimate of drug-likeness (QED) is 0.690. The second kappa shape index (κ2) is 4.08. The molecule has 1 aromatic rings. The minimum absolute atomic E-state index is 0. The van der Waals surface area contributed by atoms with Crippen LogP contribution in [0, 0.1) is 0 Å². The maximum Gasteiger partial charge on any atom is 0.0405 e. The smallest absolute Gasteiger partial charge is 0.0405 e. The monoisotopic (exact) mass is 305 g/mol. The third-order valence-corrected chi connectivity index (χ3v) is 0.985. The van der Waals surface area contributed by atoms with Gasteiger partial charge in [-0.1, -0.05) is 29.8 Å². The molecule has 0 spiro atoms. The Kier molecular flexibility index (Phi) is 4.16.